The van der Waals surface area contributed by atoms with Gasteiger partial charge in [0.25, 0.3) is 11.6 Å². The largest absolute Gasteiger partial charge is 0.345 e. The summed E-state index contributed by atoms with van der Waals surface area (Å²) in [6, 6.07) is 18.6. The molecular weight excluding hydrogens is 533 g/mol. The predicted octanol–water partition coefficient (Wildman–Crippen LogP) is 6.36. The summed E-state index contributed by atoms with van der Waals surface area (Å²) in [6.07, 6.45) is 0. The van der Waals surface area contributed by atoms with Crippen molar-refractivity contribution in [1.82, 2.24) is 20.1 Å². The van der Waals surface area contributed by atoms with E-state index in [2.05, 4.69) is 15.5 Å². The minimum atomic E-state index is -0.584. The van der Waals surface area contributed by atoms with E-state index in [0.29, 0.717) is 32.5 Å². The Morgan fingerprint density at radius 3 is 2.49 bits per heavy atom. The fourth-order valence-corrected chi connectivity index (χ4v) is 4.73. The van der Waals surface area contributed by atoms with Crippen LogP contribution in [0.4, 0.5) is 5.69 Å². The van der Waals surface area contributed by atoms with Crippen molar-refractivity contribution in [1.29, 1.82) is 0 Å². The Morgan fingerprint density at radius 2 is 1.77 bits per heavy atom. The summed E-state index contributed by atoms with van der Waals surface area (Å²) in [7, 11) is 0. The zero-order valence-corrected chi connectivity index (χ0v) is 20.9. The van der Waals surface area contributed by atoms with Crippen LogP contribution in [0.25, 0.3) is 5.69 Å². The average molecular weight is 549 g/mol. The summed E-state index contributed by atoms with van der Waals surface area (Å²) in [5, 5.41) is 23.7. The lowest BCUT2D eigenvalue weighted by Gasteiger charge is -2.13. The summed E-state index contributed by atoms with van der Waals surface area (Å²) in [6.45, 7) is -0.00606. The number of nitrogens with one attached hydrogen (secondary N) is 1. The van der Waals surface area contributed by atoms with E-state index in [1.54, 1.807) is 22.8 Å². The van der Waals surface area contributed by atoms with Crippen LogP contribution in [0.2, 0.25) is 15.1 Å². The van der Waals surface area contributed by atoms with Crippen molar-refractivity contribution < 1.29 is 9.72 Å². The third-order valence-corrected chi connectivity index (χ3v) is 6.74. The first-order valence-corrected chi connectivity index (χ1v) is 12.2. The minimum absolute atomic E-state index is 0.00606. The number of aromatic nitrogens is 3. The Hall–Kier alpha value is -3.11. The van der Waals surface area contributed by atoms with E-state index in [0.717, 1.165) is 11.6 Å². The highest BCUT2D eigenvalue weighted by atomic mass is 35.5. The average Bonchev–Trinajstić information content (AvgIpc) is 3.25. The van der Waals surface area contributed by atoms with Gasteiger partial charge in [0.1, 0.15) is 0 Å². The number of thioether (sulfide) groups is 1. The number of nitro benzene ring substituents is 1. The lowest BCUT2D eigenvalue weighted by Crippen LogP contribution is -2.25. The van der Waals surface area contributed by atoms with E-state index >= 15 is 0 Å². The van der Waals surface area contributed by atoms with Crippen LogP contribution in [0, 0.1) is 10.1 Å². The molecule has 178 valence electrons. The van der Waals surface area contributed by atoms with Gasteiger partial charge in [-0.3, -0.25) is 19.5 Å². The van der Waals surface area contributed by atoms with Gasteiger partial charge < -0.3 is 5.32 Å². The summed E-state index contributed by atoms with van der Waals surface area (Å²) >= 11 is 20.2. The van der Waals surface area contributed by atoms with Gasteiger partial charge in [0.2, 0.25) is 0 Å². The Balaban J connectivity index is 1.60. The van der Waals surface area contributed by atoms with Gasteiger partial charge in [-0.25, -0.2) is 0 Å². The van der Waals surface area contributed by atoms with Crippen molar-refractivity contribution in [2.75, 3.05) is 0 Å². The predicted molar refractivity (Wildman–Crippen MR) is 137 cm³/mol. The number of carbonyl (C=O) groups excluding carboxylic acids is 1. The smallest absolute Gasteiger partial charge is 0.270 e. The topological polar surface area (TPSA) is 103 Å². The van der Waals surface area contributed by atoms with E-state index in [-0.39, 0.29) is 22.8 Å². The monoisotopic (exact) mass is 547 g/mol. The fourth-order valence-electron chi connectivity index (χ4n) is 3.19. The molecule has 0 atom stereocenters. The highest BCUT2D eigenvalue weighted by molar-refractivity contribution is 7.98. The molecule has 3 aromatic carbocycles. The van der Waals surface area contributed by atoms with Gasteiger partial charge in [-0.15, -0.1) is 10.2 Å². The second-order valence-corrected chi connectivity index (χ2v) is 9.40. The summed E-state index contributed by atoms with van der Waals surface area (Å²) < 4.78 is 1.74. The highest BCUT2D eigenvalue weighted by Crippen LogP contribution is 2.31. The molecule has 0 unspecified atom stereocenters. The van der Waals surface area contributed by atoms with Gasteiger partial charge in [-0.2, -0.15) is 0 Å². The second kappa shape index (κ2) is 11.1. The standard InChI is InChI=1S/C23H16Cl3N5O3S/c24-15-6-9-18(25)20(10-15)30-21(28-29-23(30)35-13-14-4-2-1-3-5-14)12-27-22(32)17-8-7-16(31(33)34)11-19(17)26/h1-11H,12-13H2,(H,27,32). The molecule has 1 N–H and O–H groups in total. The van der Waals surface area contributed by atoms with E-state index < -0.39 is 10.8 Å². The Morgan fingerprint density at radius 1 is 1.00 bits per heavy atom. The third-order valence-electron chi connectivity index (χ3n) is 4.88. The molecule has 4 rings (SSSR count). The maximum atomic E-state index is 12.7. The van der Waals surface area contributed by atoms with Crippen LogP contribution in [0.15, 0.2) is 71.9 Å². The van der Waals surface area contributed by atoms with E-state index in [4.69, 9.17) is 34.8 Å². The third kappa shape index (κ3) is 5.94. The second-order valence-electron chi connectivity index (χ2n) is 7.21. The molecule has 0 radical (unpaired) electrons. The number of nitro groups is 1. The maximum absolute atomic E-state index is 12.7. The van der Waals surface area contributed by atoms with Crippen LogP contribution >= 0.6 is 46.6 Å². The van der Waals surface area contributed by atoms with Crippen LogP contribution in [0.5, 0.6) is 0 Å². The van der Waals surface area contributed by atoms with Crippen molar-refractivity contribution >= 4 is 58.2 Å². The number of benzene rings is 3. The summed E-state index contributed by atoms with van der Waals surface area (Å²) in [5.41, 5.74) is 1.56. The van der Waals surface area contributed by atoms with E-state index in [1.165, 1.54) is 23.9 Å². The molecule has 4 aromatic rings. The van der Waals surface area contributed by atoms with Crippen LogP contribution in [-0.2, 0) is 12.3 Å². The fraction of sp³-hybridized carbons (Fsp3) is 0.0870. The highest BCUT2D eigenvalue weighted by Gasteiger charge is 2.20. The zero-order chi connectivity index (χ0) is 24.9. The number of hydrogen-bond donors (Lipinski definition) is 1. The van der Waals surface area contributed by atoms with Gasteiger partial charge >= 0.3 is 0 Å². The summed E-state index contributed by atoms with van der Waals surface area (Å²) in [4.78, 5) is 23.1. The molecule has 1 amide bonds. The van der Waals surface area contributed by atoms with Crippen LogP contribution in [0.3, 0.4) is 0 Å². The van der Waals surface area contributed by atoms with Crippen molar-refractivity contribution in [2.24, 2.45) is 0 Å². The molecule has 0 spiro atoms. The van der Waals surface area contributed by atoms with Crippen LogP contribution in [-0.4, -0.2) is 25.6 Å². The molecule has 8 nitrogen and oxygen atoms in total. The number of hydrogen-bond acceptors (Lipinski definition) is 6. The van der Waals surface area contributed by atoms with Crippen molar-refractivity contribution in [3.05, 3.63) is 109 Å². The first kappa shape index (κ1) is 25.0. The minimum Gasteiger partial charge on any atom is -0.345 e. The first-order chi connectivity index (χ1) is 16.8. The van der Waals surface area contributed by atoms with Crippen LogP contribution < -0.4 is 5.32 Å². The molecule has 35 heavy (non-hydrogen) atoms. The summed E-state index contributed by atoms with van der Waals surface area (Å²) in [5.74, 6) is 0.535. The van der Waals surface area contributed by atoms with Gasteiger partial charge in [0, 0.05) is 22.9 Å². The van der Waals surface area contributed by atoms with Gasteiger partial charge in [-0.05, 0) is 29.8 Å². The normalized spacial score (nSPS) is 10.8. The molecule has 12 heteroatoms. The zero-order valence-electron chi connectivity index (χ0n) is 17.8. The van der Waals surface area contributed by atoms with Crippen molar-refractivity contribution in [3.63, 3.8) is 0 Å². The Labute approximate surface area is 219 Å². The van der Waals surface area contributed by atoms with Crippen molar-refractivity contribution in [2.45, 2.75) is 17.5 Å². The molecule has 0 aliphatic heterocycles. The van der Waals surface area contributed by atoms with Gasteiger partial charge in [0.15, 0.2) is 11.0 Å². The number of carbonyl (C=O) groups is 1. The lowest BCUT2D eigenvalue weighted by atomic mass is 10.2. The molecule has 0 saturated carbocycles. The lowest BCUT2D eigenvalue weighted by molar-refractivity contribution is -0.384. The van der Waals surface area contributed by atoms with E-state index in [9.17, 15) is 14.9 Å². The molecule has 0 saturated heterocycles. The Bertz CT molecular complexity index is 1400. The number of halogens is 3. The van der Waals surface area contributed by atoms with E-state index in [1.807, 2.05) is 30.3 Å². The first-order valence-electron chi connectivity index (χ1n) is 10.1. The van der Waals surface area contributed by atoms with Crippen LogP contribution in [0.1, 0.15) is 21.7 Å². The number of non-ortho nitro benzene ring substituents is 1. The molecule has 1 aromatic heterocycles. The van der Waals surface area contributed by atoms with Gasteiger partial charge in [-0.1, -0.05) is 76.9 Å². The SMILES string of the molecule is O=C(NCc1nnc(SCc2ccccc2)n1-c1cc(Cl)ccc1Cl)c1ccc([N+](=O)[O-])cc1Cl. The number of nitrogens with zero attached hydrogens (tertiary/aromatic N) is 4. The van der Waals surface area contributed by atoms with Gasteiger partial charge in [0.05, 0.1) is 32.8 Å². The van der Waals surface area contributed by atoms with Crippen molar-refractivity contribution in [3.8, 4) is 5.69 Å². The molecule has 0 aliphatic carbocycles. The number of amides is 1. The molecular formula is C23H16Cl3N5O3S. The Kier molecular flexibility index (Phi) is 7.92. The number of rotatable bonds is 8. The molecule has 0 aliphatic rings. The maximum Gasteiger partial charge on any atom is 0.270 e. The molecule has 0 bridgehead atoms. The quantitative estimate of drug-likeness (QED) is 0.156. The molecule has 0 fully saturated rings. The molecule has 1 heterocycles.